The Bertz CT molecular complexity index is 322. The molecular weight excluding hydrogens is 292 g/mol. The van der Waals surface area contributed by atoms with Gasteiger partial charge in [-0.2, -0.15) is 0 Å². The first-order valence-electron chi connectivity index (χ1n) is 11.1. The average molecular weight is 339 g/mol. The number of hydrogen-bond donors (Lipinski definition) is 0. The molecule has 0 amide bonds. The van der Waals surface area contributed by atoms with E-state index in [1.807, 2.05) is 0 Å². The summed E-state index contributed by atoms with van der Waals surface area (Å²) in [7, 11) is 0. The Morgan fingerprint density at radius 2 is 0.833 bits per heavy atom. The summed E-state index contributed by atoms with van der Waals surface area (Å²) in [6.07, 6.45) is 5.81. The summed E-state index contributed by atoms with van der Waals surface area (Å²) in [5.41, 5.74) is 0. The van der Waals surface area contributed by atoms with Crippen molar-refractivity contribution in [3.63, 3.8) is 0 Å². The van der Waals surface area contributed by atoms with Crippen LogP contribution in [0.25, 0.3) is 0 Å². The Morgan fingerprint density at radius 1 is 0.542 bits per heavy atom. The van der Waals surface area contributed by atoms with Gasteiger partial charge < -0.3 is 8.97 Å². The van der Waals surface area contributed by atoms with Gasteiger partial charge in [0, 0.05) is 23.7 Å². The van der Waals surface area contributed by atoms with Crippen LogP contribution in [0.5, 0.6) is 0 Å². The number of nitrogens with zero attached hydrogens (tertiary/aromatic N) is 2. The Hall–Kier alpha value is -0.0800. The minimum atomic E-state index is 0.929. The van der Waals surface area contributed by atoms with E-state index < -0.39 is 0 Å². The molecule has 0 bridgehead atoms. The van der Waals surface area contributed by atoms with Crippen molar-refractivity contribution in [2.75, 3.05) is 52.4 Å². The fourth-order valence-electron chi connectivity index (χ4n) is 5.76. The first kappa shape index (κ1) is 20.2. The van der Waals surface area contributed by atoms with E-state index in [-0.39, 0.29) is 0 Å². The summed E-state index contributed by atoms with van der Waals surface area (Å²) >= 11 is 0. The van der Waals surface area contributed by atoms with Gasteiger partial charge in [0.1, 0.15) is 0 Å². The molecule has 0 aromatic heterocycles. The number of quaternary nitrogens is 2. The molecule has 0 saturated carbocycles. The molecule has 142 valence electrons. The van der Waals surface area contributed by atoms with E-state index in [0.29, 0.717) is 0 Å². The second-order valence-electron chi connectivity index (χ2n) is 9.82. The van der Waals surface area contributed by atoms with Gasteiger partial charge in [0.25, 0.3) is 0 Å². The molecule has 0 aromatic carbocycles. The van der Waals surface area contributed by atoms with Gasteiger partial charge in [-0.15, -0.1) is 0 Å². The van der Waals surface area contributed by atoms with Crippen LogP contribution in [0.3, 0.4) is 0 Å². The van der Waals surface area contributed by atoms with Gasteiger partial charge in [-0.05, 0) is 39.5 Å². The summed E-state index contributed by atoms with van der Waals surface area (Å²) in [5, 5.41) is 0. The molecule has 2 aliphatic rings. The molecule has 0 spiro atoms. The summed E-state index contributed by atoms with van der Waals surface area (Å²) in [4.78, 5) is 0. The van der Waals surface area contributed by atoms with Gasteiger partial charge in [-0.3, -0.25) is 0 Å². The van der Waals surface area contributed by atoms with Gasteiger partial charge in [0.2, 0.25) is 0 Å². The van der Waals surface area contributed by atoms with Gasteiger partial charge in [0.15, 0.2) is 0 Å². The molecule has 0 N–H and O–H groups in total. The normalized spacial score (nSPS) is 42.8. The Morgan fingerprint density at radius 3 is 1.08 bits per heavy atom. The van der Waals surface area contributed by atoms with E-state index in [1.54, 1.807) is 0 Å². The molecule has 4 atom stereocenters. The highest BCUT2D eigenvalue weighted by Gasteiger charge is 2.40. The first-order chi connectivity index (χ1) is 11.4. The highest BCUT2D eigenvalue weighted by Crippen LogP contribution is 2.31. The van der Waals surface area contributed by atoms with Gasteiger partial charge in [-0.1, -0.05) is 27.7 Å². The van der Waals surface area contributed by atoms with Crippen molar-refractivity contribution in [3.8, 4) is 0 Å². The number of likely N-dealkylation sites (tertiary alicyclic amines) is 2. The van der Waals surface area contributed by atoms with Crippen molar-refractivity contribution in [1.29, 1.82) is 0 Å². The molecule has 2 fully saturated rings. The smallest absolute Gasteiger partial charge is 0.0817 e. The maximum atomic E-state index is 2.46. The molecule has 4 unspecified atom stereocenters. The van der Waals surface area contributed by atoms with Crippen molar-refractivity contribution in [1.82, 2.24) is 0 Å². The molecule has 2 aliphatic heterocycles. The van der Waals surface area contributed by atoms with Crippen LogP contribution < -0.4 is 0 Å². The van der Waals surface area contributed by atoms with Crippen molar-refractivity contribution < 1.29 is 8.97 Å². The minimum Gasteiger partial charge on any atom is -0.323 e. The van der Waals surface area contributed by atoms with Crippen LogP contribution in [0.2, 0.25) is 0 Å². The zero-order chi connectivity index (χ0) is 17.8. The van der Waals surface area contributed by atoms with E-state index in [1.165, 1.54) is 87.0 Å². The standard InChI is InChI=1S/C22H46N2/c1-7-23(15-19(3)20(4)16-23)13-11-9-10-12-14-24(8-2)17-21(5)22(6)18-24/h19-22H,7-18H2,1-6H3/q+2. The number of rotatable bonds is 9. The molecule has 2 heterocycles. The summed E-state index contributed by atoms with van der Waals surface area (Å²) in [5.74, 6) is 3.71. The van der Waals surface area contributed by atoms with E-state index in [0.717, 1.165) is 23.7 Å². The highest BCUT2D eigenvalue weighted by atomic mass is 15.4. The molecule has 2 nitrogen and oxygen atoms in total. The van der Waals surface area contributed by atoms with E-state index in [4.69, 9.17) is 0 Å². The fraction of sp³-hybridized carbons (Fsp3) is 1.00. The molecule has 24 heavy (non-hydrogen) atoms. The van der Waals surface area contributed by atoms with Gasteiger partial charge >= 0.3 is 0 Å². The number of unbranched alkanes of at least 4 members (excludes halogenated alkanes) is 3. The zero-order valence-electron chi connectivity index (χ0n) is 17.7. The molecule has 0 aliphatic carbocycles. The van der Waals surface area contributed by atoms with E-state index >= 15 is 0 Å². The molecule has 2 heteroatoms. The monoisotopic (exact) mass is 338 g/mol. The maximum absolute atomic E-state index is 2.46. The zero-order valence-corrected chi connectivity index (χ0v) is 17.7. The Labute approximate surface area is 152 Å². The lowest BCUT2D eigenvalue weighted by Crippen LogP contribution is -2.47. The van der Waals surface area contributed by atoms with Gasteiger partial charge in [-0.25, -0.2) is 0 Å². The second-order valence-corrected chi connectivity index (χ2v) is 9.82. The molecule has 2 saturated heterocycles. The minimum absolute atomic E-state index is 0.929. The predicted molar refractivity (Wildman–Crippen MR) is 106 cm³/mol. The van der Waals surface area contributed by atoms with Crippen LogP contribution >= 0.6 is 0 Å². The topological polar surface area (TPSA) is 0 Å². The molecule has 2 rings (SSSR count). The third-order valence-corrected chi connectivity index (χ3v) is 8.00. The lowest BCUT2D eigenvalue weighted by Gasteiger charge is -2.34. The molecular formula is C22H46N2+2. The van der Waals surface area contributed by atoms with E-state index in [2.05, 4.69) is 41.5 Å². The Balaban J connectivity index is 1.65. The predicted octanol–water partition coefficient (Wildman–Crippen LogP) is 4.79. The summed E-state index contributed by atoms with van der Waals surface area (Å²) in [6, 6.07) is 0. The molecule has 0 aromatic rings. The van der Waals surface area contributed by atoms with Crippen LogP contribution in [0, 0.1) is 23.7 Å². The van der Waals surface area contributed by atoms with E-state index in [9.17, 15) is 0 Å². The first-order valence-corrected chi connectivity index (χ1v) is 11.1. The maximum Gasteiger partial charge on any atom is 0.0817 e. The molecule has 0 radical (unpaired) electrons. The van der Waals surface area contributed by atoms with Crippen molar-refractivity contribution in [3.05, 3.63) is 0 Å². The van der Waals surface area contributed by atoms with Crippen LogP contribution in [0.15, 0.2) is 0 Å². The second kappa shape index (κ2) is 8.54. The van der Waals surface area contributed by atoms with Crippen molar-refractivity contribution in [2.24, 2.45) is 23.7 Å². The van der Waals surface area contributed by atoms with Crippen LogP contribution in [-0.2, 0) is 0 Å². The highest BCUT2D eigenvalue weighted by molar-refractivity contribution is 4.71. The number of hydrogen-bond acceptors (Lipinski definition) is 0. The fourth-order valence-corrected chi connectivity index (χ4v) is 5.76. The van der Waals surface area contributed by atoms with Crippen LogP contribution in [0.1, 0.15) is 67.2 Å². The summed E-state index contributed by atoms with van der Waals surface area (Å²) < 4.78 is 2.82. The van der Waals surface area contributed by atoms with Crippen molar-refractivity contribution >= 4 is 0 Å². The lowest BCUT2D eigenvalue weighted by atomic mass is 10.0. The largest absolute Gasteiger partial charge is 0.323 e. The summed E-state index contributed by atoms with van der Waals surface area (Å²) in [6.45, 7) is 26.0. The SMILES string of the molecule is CC[N+]1(CCCCCC[N+]2(CC)CC(C)C(C)C2)CC(C)C(C)C1. The third-order valence-electron chi connectivity index (χ3n) is 8.00. The lowest BCUT2D eigenvalue weighted by molar-refractivity contribution is -0.918. The van der Waals surface area contributed by atoms with Gasteiger partial charge in [0.05, 0.1) is 52.4 Å². The van der Waals surface area contributed by atoms with Crippen LogP contribution in [-0.4, -0.2) is 61.3 Å². The average Bonchev–Trinajstić information content (AvgIpc) is 3.01. The quantitative estimate of drug-likeness (QED) is 0.419. The Kier molecular flexibility index (Phi) is 7.20. The van der Waals surface area contributed by atoms with Crippen LogP contribution in [0.4, 0.5) is 0 Å². The third kappa shape index (κ3) is 4.75. The van der Waals surface area contributed by atoms with Crippen molar-refractivity contribution in [2.45, 2.75) is 67.2 Å².